The van der Waals surface area contributed by atoms with Gasteiger partial charge in [-0.25, -0.2) is 0 Å². The second-order valence-electron chi connectivity index (χ2n) is 4.96. The van der Waals surface area contributed by atoms with Gasteiger partial charge in [-0.3, -0.25) is 0 Å². The van der Waals surface area contributed by atoms with Crippen LogP contribution in [0.2, 0.25) is 0 Å². The van der Waals surface area contributed by atoms with Gasteiger partial charge in [0.1, 0.15) is 4.87 Å². The number of allylic oxidation sites excluding steroid dienone is 2. The quantitative estimate of drug-likeness (QED) is 0.419. The van der Waals surface area contributed by atoms with E-state index in [0.29, 0.717) is 5.41 Å². The van der Waals surface area contributed by atoms with E-state index in [1.807, 2.05) is 6.08 Å². The summed E-state index contributed by atoms with van der Waals surface area (Å²) in [5.74, 6) is 6.33. The average Bonchev–Trinajstić information content (AvgIpc) is 2.46. The van der Waals surface area contributed by atoms with Gasteiger partial charge in [0.25, 0.3) is 0 Å². The van der Waals surface area contributed by atoms with E-state index in [0.717, 1.165) is 6.42 Å². The van der Waals surface area contributed by atoms with Crippen LogP contribution in [0.15, 0.2) is 11.6 Å². The van der Waals surface area contributed by atoms with E-state index in [2.05, 4.69) is 25.7 Å². The van der Waals surface area contributed by atoms with Crippen LogP contribution in [0, 0.1) is 17.3 Å². The van der Waals surface area contributed by atoms with Crippen LogP contribution in [0.3, 0.4) is 0 Å². The lowest BCUT2D eigenvalue weighted by Gasteiger charge is -2.08. The fourth-order valence-corrected chi connectivity index (χ4v) is 3.02. The van der Waals surface area contributed by atoms with E-state index in [-0.39, 0.29) is 4.87 Å². The number of hydrogen-bond donors (Lipinski definition) is 0. The third kappa shape index (κ3) is 1.59. The number of halogens is 1. The standard InChI is InChI=1S/C13H17Cl/c1-11(2)6-5-9-13(14)10-12(13)7-3-4-8-12/h6H,3-4,7-8,10H2,1-2H3. The molecule has 0 radical (unpaired) electrons. The summed E-state index contributed by atoms with van der Waals surface area (Å²) >= 11 is 6.49. The molecule has 2 saturated carbocycles. The van der Waals surface area contributed by atoms with Gasteiger partial charge < -0.3 is 0 Å². The van der Waals surface area contributed by atoms with Crippen molar-refractivity contribution in [1.29, 1.82) is 0 Å². The summed E-state index contributed by atoms with van der Waals surface area (Å²) in [7, 11) is 0. The lowest BCUT2D eigenvalue weighted by Crippen LogP contribution is -2.08. The highest BCUT2D eigenvalue weighted by molar-refractivity contribution is 6.29. The van der Waals surface area contributed by atoms with Crippen molar-refractivity contribution in [3.8, 4) is 11.8 Å². The van der Waals surface area contributed by atoms with Gasteiger partial charge in [-0.2, -0.15) is 0 Å². The third-order valence-corrected chi connectivity index (χ3v) is 4.12. The Hall–Kier alpha value is -0.410. The predicted octanol–water partition coefficient (Wildman–Crippen LogP) is 3.90. The Morgan fingerprint density at radius 1 is 1.29 bits per heavy atom. The van der Waals surface area contributed by atoms with Crippen LogP contribution >= 0.6 is 11.6 Å². The highest BCUT2D eigenvalue weighted by Gasteiger charge is 2.66. The Labute approximate surface area is 91.7 Å². The van der Waals surface area contributed by atoms with E-state index >= 15 is 0 Å². The second-order valence-corrected chi connectivity index (χ2v) is 5.60. The summed E-state index contributed by atoms with van der Waals surface area (Å²) in [6.07, 6.45) is 8.36. The maximum absolute atomic E-state index is 6.49. The van der Waals surface area contributed by atoms with Gasteiger partial charge in [0.05, 0.1) is 0 Å². The van der Waals surface area contributed by atoms with Crippen molar-refractivity contribution in [1.82, 2.24) is 0 Å². The van der Waals surface area contributed by atoms with Crippen molar-refractivity contribution < 1.29 is 0 Å². The first-order chi connectivity index (χ1) is 6.58. The summed E-state index contributed by atoms with van der Waals surface area (Å²) in [5.41, 5.74) is 1.65. The smallest absolute Gasteiger partial charge is 0.104 e. The molecule has 0 amide bonds. The maximum atomic E-state index is 6.49. The summed E-state index contributed by atoms with van der Waals surface area (Å²) in [4.78, 5) is -0.171. The molecular weight excluding hydrogens is 192 g/mol. The highest BCUT2D eigenvalue weighted by Crippen LogP contribution is 2.68. The topological polar surface area (TPSA) is 0 Å². The van der Waals surface area contributed by atoms with E-state index in [1.54, 1.807) is 0 Å². The van der Waals surface area contributed by atoms with E-state index < -0.39 is 0 Å². The first kappa shape index (κ1) is 10.1. The second kappa shape index (κ2) is 3.31. The largest absolute Gasteiger partial charge is 0.112 e. The molecule has 14 heavy (non-hydrogen) atoms. The summed E-state index contributed by atoms with van der Waals surface area (Å²) in [5, 5.41) is 0. The molecule has 1 unspecified atom stereocenters. The molecule has 0 aliphatic heterocycles. The van der Waals surface area contributed by atoms with Crippen LogP contribution in [-0.2, 0) is 0 Å². The Morgan fingerprint density at radius 2 is 1.93 bits per heavy atom. The monoisotopic (exact) mass is 208 g/mol. The molecule has 0 bridgehead atoms. The molecule has 0 N–H and O–H groups in total. The zero-order valence-electron chi connectivity index (χ0n) is 8.99. The van der Waals surface area contributed by atoms with Gasteiger partial charge in [-0.15, -0.1) is 11.6 Å². The molecule has 2 aliphatic rings. The fourth-order valence-electron chi connectivity index (χ4n) is 2.52. The normalized spacial score (nSPS) is 32.2. The van der Waals surface area contributed by atoms with Crippen LogP contribution in [0.1, 0.15) is 46.0 Å². The molecule has 0 heterocycles. The van der Waals surface area contributed by atoms with Crippen molar-refractivity contribution in [2.45, 2.75) is 50.8 Å². The predicted molar refractivity (Wildman–Crippen MR) is 61.3 cm³/mol. The Morgan fingerprint density at radius 3 is 2.50 bits per heavy atom. The summed E-state index contributed by atoms with van der Waals surface area (Å²) in [6, 6.07) is 0. The van der Waals surface area contributed by atoms with Crippen molar-refractivity contribution in [3.05, 3.63) is 11.6 Å². The molecule has 0 aromatic carbocycles. The first-order valence-corrected chi connectivity index (χ1v) is 5.81. The molecule has 1 heteroatoms. The van der Waals surface area contributed by atoms with Gasteiger partial charge in [-0.1, -0.05) is 30.3 Å². The number of alkyl halides is 1. The number of rotatable bonds is 0. The van der Waals surface area contributed by atoms with Gasteiger partial charge in [0.2, 0.25) is 0 Å². The van der Waals surface area contributed by atoms with Gasteiger partial charge in [0, 0.05) is 5.41 Å². The van der Waals surface area contributed by atoms with Crippen LogP contribution in [0.4, 0.5) is 0 Å². The van der Waals surface area contributed by atoms with Crippen LogP contribution in [0.25, 0.3) is 0 Å². The SMILES string of the molecule is CC(C)=CC#CC1(Cl)CC12CCCC2. The van der Waals surface area contributed by atoms with Crippen molar-refractivity contribution in [2.24, 2.45) is 5.41 Å². The van der Waals surface area contributed by atoms with Gasteiger partial charge >= 0.3 is 0 Å². The highest BCUT2D eigenvalue weighted by atomic mass is 35.5. The van der Waals surface area contributed by atoms with Crippen molar-refractivity contribution in [3.63, 3.8) is 0 Å². The van der Waals surface area contributed by atoms with Gasteiger partial charge in [-0.05, 0) is 39.2 Å². The Kier molecular flexibility index (Phi) is 2.40. The molecule has 0 saturated heterocycles. The third-order valence-electron chi connectivity index (χ3n) is 3.49. The molecule has 76 valence electrons. The van der Waals surface area contributed by atoms with Crippen LogP contribution in [0.5, 0.6) is 0 Å². The zero-order valence-corrected chi connectivity index (χ0v) is 9.75. The maximum Gasteiger partial charge on any atom is 0.112 e. The molecule has 1 atom stereocenters. The molecule has 2 aliphatic carbocycles. The lowest BCUT2D eigenvalue weighted by molar-refractivity contribution is 0.517. The first-order valence-electron chi connectivity index (χ1n) is 5.43. The molecular formula is C13H17Cl. The Bertz CT molecular complexity index is 319. The minimum absolute atomic E-state index is 0.171. The van der Waals surface area contributed by atoms with Crippen molar-refractivity contribution >= 4 is 11.6 Å². The average molecular weight is 209 g/mol. The lowest BCUT2D eigenvalue weighted by atomic mass is 10.0. The van der Waals surface area contributed by atoms with E-state index in [4.69, 9.17) is 11.6 Å². The van der Waals surface area contributed by atoms with E-state index in [9.17, 15) is 0 Å². The molecule has 0 aromatic rings. The number of hydrogen-bond acceptors (Lipinski definition) is 0. The van der Waals surface area contributed by atoms with E-state index in [1.165, 1.54) is 31.3 Å². The van der Waals surface area contributed by atoms with Crippen LogP contribution in [-0.4, -0.2) is 4.87 Å². The zero-order chi connectivity index (χ0) is 10.2. The molecule has 0 nitrogen and oxygen atoms in total. The minimum atomic E-state index is -0.171. The summed E-state index contributed by atoms with van der Waals surface area (Å²) < 4.78 is 0. The van der Waals surface area contributed by atoms with Crippen LogP contribution < -0.4 is 0 Å². The molecule has 1 spiro atoms. The molecule has 0 aromatic heterocycles. The molecule has 2 rings (SSSR count). The van der Waals surface area contributed by atoms with Gasteiger partial charge in [0.15, 0.2) is 0 Å². The fraction of sp³-hybridized carbons (Fsp3) is 0.692. The summed E-state index contributed by atoms with van der Waals surface area (Å²) in [6.45, 7) is 4.13. The van der Waals surface area contributed by atoms with Crippen molar-refractivity contribution in [2.75, 3.05) is 0 Å². The minimum Gasteiger partial charge on any atom is -0.104 e. The Balaban J connectivity index is 2.05. The molecule has 2 fully saturated rings.